The molecule has 3 aromatic rings. The van der Waals surface area contributed by atoms with E-state index in [2.05, 4.69) is 31.9 Å². The van der Waals surface area contributed by atoms with Crippen molar-refractivity contribution in [3.63, 3.8) is 0 Å². The fourth-order valence-corrected chi connectivity index (χ4v) is 3.45. The maximum atomic E-state index is 13.3. The topological polar surface area (TPSA) is 42.3 Å². The fourth-order valence-electron chi connectivity index (χ4n) is 3.45. The molecule has 5 nitrogen and oxygen atoms in total. The van der Waals surface area contributed by atoms with Gasteiger partial charge in [-0.05, 0) is 29.8 Å². The van der Waals surface area contributed by atoms with E-state index in [0.29, 0.717) is 11.5 Å². The number of ether oxygens (including phenoxy) is 1. The first-order valence-electron chi connectivity index (χ1n) is 9.13. The van der Waals surface area contributed by atoms with Crippen molar-refractivity contribution in [2.45, 2.75) is 12.6 Å². The average Bonchev–Trinajstić information content (AvgIpc) is 3.10. The number of hydrogen-bond donors (Lipinski definition) is 1. The minimum absolute atomic E-state index is 0.252. The van der Waals surface area contributed by atoms with Gasteiger partial charge in [0.2, 0.25) is 0 Å². The highest BCUT2D eigenvalue weighted by Crippen LogP contribution is 2.25. The first-order chi connectivity index (χ1) is 13.2. The van der Waals surface area contributed by atoms with Crippen molar-refractivity contribution in [2.75, 3.05) is 19.6 Å². The van der Waals surface area contributed by atoms with Crippen LogP contribution in [0.3, 0.4) is 0 Å². The quantitative estimate of drug-likeness (QED) is 0.751. The largest absolute Gasteiger partial charge is 0.457 e. The first-order valence-corrected chi connectivity index (χ1v) is 9.13. The summed E-state index contributed by atoms with van der Waals surface area (Å²) in [4.78, 5) is 6.98. The van der Waals surface area contributed by atoms with E-state index in [1.807, 2.05) is 31.6 Å². The molecule has 0 spiro atoms. The molecule has 1 saturated heterocycles. The smallest absolute Gasteiger partial charge is 0.130 e. The van der Waals surface area contributed by atoms with Crippen molar-refractivity contribution in [3.05, 3.63) is 78.1 Å². The molecule has 1 aliphatic rings. The van der Waals surface area contributed by atoms with Gasteiger partial charge in [-0.1, -0.05) is 18.2 Å². The number of imidazole rings is 1. The highest BCUT2D eigenvalue weighted by molar-refractivity contribution is 5.33. The third-order valence-corrected chi connectivity index (χ3v) is 4.85. The van der Waals surface area contributed by atoms with E-state index in [1.165, 1.54) is 17.7 Å². The van der Waals surface area contributed by atoms with E-state index in [9.17, 15) is 4.39 Å². The summed E-state index contributed by atoms with van der Waals surface area (Å²) in [5, 5.41) is 3.46. The average molecular weight is 366 g/mol. The number of aromatic nitrogens is 2. The van der Waals surface area contributed by atoms with Gasteiger partial charge in [0.15, 0.2) is 0 Å². The van der Waals surface area contributed by atoms with Crippen LogP contribution >= 0.6 is 0 Å². The molecule has 2 heterocycles. The van der Waals surface area contributed by atoms with E-state index < -0.39 is 0 Å². The van der Waals surface area contributed by atoms with Crippen LogP contribution in [0.25, 0.3) is 0 Å². The highest BCUT2D eigenvalue weighted by Gasteiger charge is 2.26. The lowest BCUT2D eigenvalue weighted by atomic mass is 10.1. The molecule has 0 saturated carbocycles. The molecule has 1 aromatic heterocycles. The normalized spacial score (nSPS) is 17.8. The van der Waals surface area contributed by atoms with Crippen molar-refractivity contribution in [3.8, 4) is 11.5 Å². The monoisotopic (exact) mass is 366 g/mol. The molecule has 0 aliphatic carbocycles. The Morgan fingerprint density at radius 1 is 1.19 bits per heavy atom. The van der Waals surface area contributed by atoms with Crippen molar-refractivity contribution in [1.29, 1.82) is 0 Å². The number of hydrogen-bond acceptors (Lipinski definition) is 4. The maximum absolute atomic E-state index is 13.3. The highest BCUT2D eigenvalue weighted by atomic mass is 19.1. The lowest BCUT2D eigenvalue weighted by molar-refractivity contribution is 0.144. The molecule has 1 unspecified atom stereocenters. The maximum Gasteiger partial charge on any atom is 0.130 e. The van der Waals surface area contributed by atoms with Gasteiger partial charge >= 0.3 is 0 Å². The summed E-state index contributed by atoms with van der Waals surface area (Å²) in [6, 6.07) is 14.4. The van der Waals surface area contributed by atoms with Gasteiger partial charge in [0.25, 0.3) is 0 Å². The predicted molar refractivity (Wildman–Crippen MR) is 102 cm³/mol. The number of benzene rings is 2. The van der Waals surface area contributed by atoms with E-state index in [1.54, 1.807) is 12.1 Å². The number of aryl methyl sites for hydroxylation is 1. The summed E-state index contributed by atoms with van der Waals surface area (Å²) < 4.78 is 21.1. The van der Waals surface area contributed by atoms with Crippen LogP contribution in [0.15, 0.2) is 60.9 Å². The van der Waals surface area contributed by atoms with Crippen LogP contribution in [0.1, 0.15) is 17.4 Å². The van der Waals surface area contributed by atoms with Crippen molar-refractivity contribution in [1.82, 2.24) is 19.8 Å². The number of nitrogens with zero attached hydrogens (tertiary/aromatic N) is 3. The van der Waals surface area contributed by atoms with Gasteiger partial charge < -0.3 is 14.6 Å². The summed E-state index contributed by atoms with van der Waals surface area (Å²) in [6.07, 6.45) is 3.83. The fraction of sp³-hybridized carbons (Fsp3) is 0.286. The van der Waals surface area contributed by atoms with Gasteiger partial charge in [-0.3, -0.25) is 4.90 Å². The van der Waals surface area contributed by atoms with Gasteiger partial charge in [0, 0.05) is 51.7 Å². The molecule has 0 bridgehead atoms. The molecule has 1 N–H and O–H groups in total. The molecule has 2 aromatic carbocycles. The number of nitrogens with one attached hydrogen (secondary N) is 1. The molecule has 0 radical (unpaired) electrons. The molecule has 1 atom stereocenters. The molecule has 1 fully saturated rings. The van der Waals surface area contributed by atoms with Crippen LogP contribution < -0.4 is 10.1 Å². The van der Waals surface area contributed by atoms with Crippen LogP contribution in [0.2, 0.25) is 0 Å². The van der Waals surface area contributed by atoms with Gasteiger partial charge in [0.05, 0.1) is 6.04 Å². The second-order valence-corrected chi connectivity index (χ2v) is 6.79. The Labute approximate surface area is 158 Å². The predicted octanol–water partition coefficient (Wildman–Crippen LogP) is 3.50. The zero-order valence-electron chi connectivity index (χ0n) is 15.3. The van der Waals surface area contributed by atoms with Crippen LogP contribution in [0, 0.1) is 5.82 Å². The first kappa shape index (κ1) is 17.7. The van der Waals surface area contributed by atoms with Gasteiger partial charge in [-0.25, -0.2) is 9.37 Å². The van der Waals surface area contributed by atoms with Gasteiger partial charge in [-0.2, -0.15) is 0 Å². The summed E-state index contributed by atoms with van der Waals surface area (Å²) >= 11 is 0. The number of rotatable bonds is 5. The molecule has 6 heteroatoms. The summed E-state index contributed by atoms with van der Waals surface area (Å²) in [5.74, 6) is 1.97. The minimum atomic E-state index is -0.303. The molecule has 4 rings (SSSR count). The number of halogens is 1. The molecule has 0 amide bonds. The minimum Gasteiger partial charge on any atom is -0.457 e. The Morgan fingerprint density at radius 2 is 2.04 bits per heavy atom. The second kappa shape index (κ2) is 7.90. The lowest BCUT2D eigenvalue weighted by Gasteiger charge is -2.35. The number of piperazine rings is 1. The summed E-state index contributed by atoms with van der Waals surface area (Å²) in [5.41, 5.74) is 1.21. The zero-order valence-corrected chi connectivity index (χ0v) is 15.3. The second-order valence-electron chi connectivity index (χ2n) is 6.79. The van der Waals surface area contributed by atoms with Crippen molar-refractivity contribution >= 4 is 0 Å². The van der Waals surface area contributed by atoms with Crippen LogP contribution in [-0.2, 0) is 13.6 Å². The Morgan fingerprint density at radius 3 is 2.78 bits per heavy atom. The van der Waals surface area contributed by atoms with Gasteiger partial charge in [0.1, 0.15) is 23.1 Å². The van der Waals surface area contributed by atoms with Gasteiger partial charge in [-0.15, -0.1) is 0 Å². The molecule has 1 aliphatic heterocycles. The Kier molecular flexibility index (Phi) is 5.18. The van der Waals surface area contributed by atoms with E-state index >= 15 is 0 Å². The van der Waals surface area contributed by atoms with Crippen LogP contribution in [-0.4, -0.2) is 34.1 Å². The molecule has 27 heavy (non-hydrogen) atoms. The standard InChI is InChI=1S/C21H23FN4O/c1-25-11-10-24-21(25)20-14-23-9-12-26(20)15-16-5-7-18(8-6-16)27-19-4-2-3-17(22)13-19/h2-8,10-11,13,20,23H,9,12,14-15H2,1H3. The summed E-state index contributed by atoms with van der Waals surface area (Å²) in [6.45, 7) is 3.69. The van der Waals surface area contributed by atoms with E-state index in [0.717, 1.165) is 32.0 Å². The van der Waals surface area contributed by atoms with E-state index in [4.69, 9.17) is 4.74 Å². The third-order valence-electron chi connectivity index (χ3n) is 4.85. The third kappa shape index (κ3) is 4.18. The Hall–Kier alpha value is -2.70. The zero-order chi connectivity index (χ0) is 18.6. The van der Waals surface area contributed by atoms with Crippen LogP contribution in [0.4, 0.5) is 4.39 Å². The SMILES string of the molecule is Cn1ccnc1C1CNCCN1Cc1ccc(Oc2cccc(F)c2)cc1. The van der Waals surface area contributed by atoms with Crippen molar-refractivity contribution < 1.29 is 9.13 Å². The summed E-state index contributed by atoms with van der Waals surface area (Å²) in [7, 11) is 2.04. The van der Waals surface area contributed by atoms with Crippen LogP contribution in [0.5, 0.6) is 11.5 Å². The molecular formula is C21H23FN4O. The van der Waals surface area contributed by atoms with E-state index in [-0.39, 0.29) is 11.9 Å². The Bertz CT molecular complexity index is 893. The van der Waals surface area contributed by atoms with Crippen molar-refractivity contribution in [2.24, 2.45) is 7.05 Å². The lowest BCUT2D eigenvalue weighted by Crippen LogP contribution is -2.46. The molecular weight excluding hydrogens is 343 g/mol. The molecule has 140 valence electrons. The Balaban J connectivity index is 1.45.